The zero-order chi connectivity index (χ0) is 18.4. The van der Waals surface area contributed by atoms with Crippen LogP contribution >= 0.6 is 0 Å². The highest BCUT2D eigenvalue weighted by molar-refractivity contribution is 6.24. The number of ketones is 2. The van der Waals surface area contributed by atoms with E-state index in [4.69, 9.17) is 0 Å². The molecule has 27 heavy (non-hydrogen) atoms. The largest absolute Gasteiger partial charge is 0.352 e. The number of nitrogens with zero attached hydrogens (tertiary/aromatic N) is 2. The smallest absolute Gasteiger partial charge is 0.213 e. The fraction of sp³-hybridized carbons (Fsp3) is 0.0909. The maximum Gasteiger partial charge on any atom is 0.213 e. The van der Waals surface area contributed by atoms with E-state index in [1.54, 1.807) is 0 Å². The highest BCUT2D eigenvalue weighted by atomic mass is 16.1. The third-order valence-corrected chi connectivity index (χ3v) is 5.01. The number of hydrogen-bond donors (Lipinski definition) is 1. The normalized spacial score (nSPS) is 15.3. The van der Waals surface area contributed by atoms with E-state index in [-0.39, 0.29) is 28.5 Å². The molecule has 0 atom stereocenters. The van der Waals surface area contributed by atoms with Gasteiger partial charge in [-0.05, 0) is 46.9 Å². The summed E-state index contributed by atoms with van der Waals surface area (Å²) < 4.78 is 0. The number of rotatable bonds is 2. The van der Waals surface area contributed by atoms with Gasteiger partial charge >= 0.3 is 0 Å². The van der Waals surface area contributed by atoms with Gasteiger partial charge in [0.1, 0.15) is 12.0 Å². The lowest BCUT2D eigenvalue weighted by molar-refractivity contribution is 0.0981. The maximum atomic E-state index is 12.6. The second kappa shape index (κ2) is 5.99. The van der Waals surface area contributed by atoms with E-state index >= 15 is 0 Å². The lowest BCUT2D eigenvalue weighted by Crippen LogP contribution is -2.22. The number of Topliss-reactive ketones (excluding diaryl/α,β-unsaturated/α-hetero) is 1. The molecule has 0 saturated heterocycles. The van der Waals surface area contributed by atoms with Crippen LogP contribution in [0.1, 0.15) is 38.4 Å². The van der Waals surface area contributed by atoms with Gasteiger partial charge < -0.3 is 5.32 Å². The number of hydrogen-bond acceptors (Lipinski definition) is 5. The van der Waals surface area contributed by atoms with E-state index in [9.17, 15) is 9.59 Å². The average Bonchev–Trinajstić information content (AvgIpc) is 2.71. The zero-order valence-electron chi connectivity index (χ0n) is 14.4. The molecule has 0 radical (unpaired) electrons. The number of carbonyl (C=O) groups is 2. The summed E-state index contributed by atoms with van der Waals surface area (Å²) >= 11 is 0. The van der Waals surface area contributed by atoms with E-state index in [0.29, 0.717) is 0 Å². The lowest BCUT2D eigenvalue weighted by atomic mass is 9.92. The Morgan fingerprint density at radius 1 is 1.07 bits per heavy atom. The minimum absolute atomic E-state index is 0.150. The predicted molar refractivity (Wildman–Crippen MR) is 104 cm³/mol. The molecule has 5 heteroatoms. The molecular formula is C22H15N3O2. The number of fused-ring (bicyclic) bond motifs is 4. The quantitative estimate of drug-likeness (QED) is 0.755. The summed E-state index contributed by atoms with van der Waals surface area (Å²) in [5.74, 6) is -0.576. The van der Waals surface area contributed by atoms with Crippen molar-refractivity contribution in [1.29, 1.82) is 0 Å². The molecule has 2 aliphatic carbocycles. The van der Waals surface area contributed by atoms with Crippen molar-refractivity contribution in [1.82, 2.24) is 9.97 Å². The van der Waals surface area contributed by atoms with E-state index < -0.39 is 0 Å². The monoisotopic (exact) mass is 353 g/mol. The molecule has 0 amide bonds. The van der Waals surface area contributed by atoms with Crippen LogP contribution in [0, 0.1) is 0 Å². The van der Waals surface area contributed by atoms with E-state index in [1.807, 2.05) is 12.1 Å². The molecule has 0 bridgehead atoms. The summed E-state index contributed by atoms with van der Waals surface area (Å²) in [6.07, 6.45) is 10.5. The Morgan fingerprint density at radius 3 is 2.93 bits per heavy atom. The molecule has 2 aromatic carbocycles. The van der Waals surface area contributed by atoms with Gasteiger partial charge in [0.05, 0.1) is 11.3 Å². The third kappa shape index (κ3) is 2.56. The fourth-order valence-corrected chi connectivity index (χ4v) is 3.68. The van der Waals surface area contributed by atoms with E-state index in [1.165, 1.54) is 35.1 Å². The number of allylic oxidation sites excluding steroid dienone is 3. The Balaban J connectivity index is 1.52. The van der Waals surface area contributed by atoms with Crippen molar-refractivity contribution in [2.24, 2.45) is 0 Å². The highest BCUT2D eigenvalue weighted by Gasteiger charge is 2.27. The van der Waals surface area contributed by atoms with Crippen LogP contribution in [-0.4, -0.2) is 21.5 Å². The first-order valence-electron chi connectivity index (χ1n) is 8.81. The number of nitrogens with one attached hydrogen (secondary N) is 1. The topological polar surface area (TPSA) is 72.0 Å². The van der Waals surface area contributed by atoms with Crippen LogP contribution in [0.3, 0.4) is 0 Å². The van der Waals surface area contributed by atoms with Gasteiger partial charge in [0.15, 0.2) is 0 Å². The molecule has 130 valence electrons. The first-order chi connectivity index (χ1) is 13.2. The van der Waals surface area contributed by atoms with Gasteiger partial charge in [-0.3, -0.25) is 9.59 Å². The number of carbonyl (C=O) groups excluding carboxylic acids is 2. The van der Waals surface area contributed by atoms with Gasteiger partial charge in [-0.1, -0.05) is 30.4 Å². The predicted octanol–water partition coefficient (Wildman–Crippen LogP) is 3.96. The number of benzene rings is 2. The lowest BCUT2D eigenvalue weighted by Gasteiger charge is -2.17. The molecule has 0 saturated carbocycles. The minimum Gasteiger partial charge on any atom is -0.352 e. The van der Waals surface area contributed by atoms with E-state index in [2.05, 4.69) is 45.6 Å². The van der Waals surface area contributed by atoms with Crippen LogP contribution in [0.5, 0.6) is 0 Å². The first-order valence-corrected chi connectivity index (χ1v) is 8.81. The molecule has 0 fully saturated rings. The van der Waals surface area contributed by atoms with Crippen molar-refractivity contribution < 1.29 is 9.59 Å². The Morgan fingerprint density at radius 2 is 2.00 bits per heavy atom. The summed E-state index contributed by atoms with van der Waals surface area (Å²) in [5, 5.41) is 5.37. The van der Waals surface area contributed by atoms with Crippen molar-refractivity contribution >= 4 is 34.1 Å². The maximum absolute atomic E-state index is 12.6. The summed E-state index contributed by atoms with van der Waals surface area (Å²) in [6, 6.07) is 10.2. The molecular weight excluding hydrogens is 338 g/mol. The molecule has 0 unspecified atom stereocenters. The van der Waals surface area contributed by atoms with Crippen LogP contribution in [0.4, 0.5) is 5.69 Å². The van der Waals surface area contributed by atoms with Crippen molar-refractivity contribution in [2.75, 3.05) is 5.32 Å². The Kier molecular flexibility index (Phi) is 3.47. The first kappa shape index (κ1) is 15.6. The average molecular weight is 353 g/mol. The number of aromatic nitrogens is 2. The highest BCUT2D eigenvalue weighted by Crippen LogP contribution is 2.30. The SMILES string of the molecule is O=C1C(Nc2ccc3c4c(ccc3c2)CCC=C4)=CC(=O)c2ncncc21. The molecule has 5 rings (SSSR count). The fourth-order valence-electron chi connectivity index (χ4n) is 3.68. The molecule has 5 nitrogen and oxygen atoms in total. The molecule has 1 aromatic heterocycles. The Labute approximate surface area is 155 Å². The summed E-state index contributed by atoms with van der Waals surface area (Å²) in [7, 11) is 0. The van der Waals surface area contributed by atoms with Crippen LogP contribution in [0.2, 0.25) is 0 Å². The van der Waals surface area contributed by atoms with Crippen molar-refractivity contribution in [2.45, 2.75) is 12.8 Å². The summed E-state index contributed by atoms with van der Waals surface area (Å²) in [6.45, 7) is 0. The van der Waals surface area contributed by atoms with Gasteiger partial charge in [0.25, 0.3) is 0 Å². The standard InChI is InChI=1S/C22H15N3O2/c26-20-10-19(22(27)18-11-23-12-24-21(18)20)25-15-7-8-17-14(9-15)6-5-13-3-1-2-4-16(13)17/h2,4-12,25H,1,3H2. The van der Waals surface area contributed by atoms with Gasteiger partial charge in [0, 0.05) is 18.0 Å². The molecule has 1 heterocycles. The van der Waals surface area contributed by atoms with Gasteiger partial charge in [0.2, 0.25) is 11.6 Å². The van der Waals surface area contributed by atoms with E-state index in [0.717, 1.165) is 23.9 Å². The van der Waals surface area contributed by atoms with Crippen LogP contribution in [0.15, 0.2) is 60.7 Å². The molecule has 3 aromatic rings. The zero-order valence-corrected chi connectivity index (χ0v) is 14.4. The van der Waals surface area contributed by atoms with Gasteiger partial charge in [-0.2, -0.15) is 0 Å². The summed E-state index contributed by atoms with van der Waals surface area (Å²) in [4.78, 5) is 32.7. The summed E-state index contributed by atoms with van der Waals surface area (Å²) in [5.41, 5.74) is 4.00. The minimum atomic E-state index is -0.297. The molecule has 2 aliphatic rings. The molecule has 0 aliphatic heterocycles. The van der Waals surface area contributed by atoms with Gasteiger partial charge in [-0.25, -0.2) is 9.97 Å². The Hall–Kier alpha value is -3.60. The van der Waals surface area contributed by atoms with Crippen molar-refractivity contribution in [3.05, 3.63) is 83.1 Å². The molecule has 1 N–H and O–H groups in total. The number of anilines is 1. The van der Waals surface area contributed by atoms with Crippen LogP contribution in [-0.2, 0) is 6.42 Å². The van der Waals surface area contributed by atoms with Crippen LogP contribution in [0.25, 0.3) is 16.8 Å². The molecule has 0 spiro atoms. The second-order valence-electron chi connectivity index (χ2n) is 6.68. The Bertz CT molecular complexity index is 1190. The van der Waals surface area contributed by atoms with Crippen molar-refractivity contribution in [3.8, 4) is 0 Å². The number of aryl methyl sites for hydroxylation is 1. The second-order valence-corrected chi connectivity index (χ2v) is 6.68. The van der Waals surface area contributed by atoms with Crippen molar-refractivity contribution in [3.63, 3.8) is 0 Å². The van der Waals surface area contributed by atoms with Gasteiger partial charge in [-0.15, -0.1) is 0 Å². The van der Waals surface area contributed by atoms with Crippen LogP contribution < -0.4 is 5.32 Å². The third-order valence-electron chi connectivity index (χ3n) is 5.01.